The predicted octanol–water partition coefficient (Wildman–Crippen LogP) is 1.20. The van der Waals surface area contributed by atoms with E-state index in [1.165, 1.54) is 5.56 Å². The zero-order chi connectivity index (χ0) is 13.8. The molecule has 0 bridgehead atoms. The maximum atomic E-state index is 11.8. The Kier molecular flexibility index (Phi) is 2.83. The standard InChI is InChI=1S/C13H16N2O2S2/c1-9-3-5-10(6-4-9)15-12-8-19(16,17)7-11(12)14(2)13(15)18/h3-6,11-12H,7-8H2,1-2H3/t11-,12+/m1/s1. The molecule has 2 fully saturated rings. The summed E-state index contributed by atoms with van der Waals surface area (Å²) in [7, 11) is -1.07. The molecule has 1 aromatic rings. The molecule has 2 atom stereocenters. The van der Waals surface area contributed by atoms with E-state index in [2.05, 4.69) is 0 Å². The number of rotatable bonds is 1. The highest BCUT2D eigenvalue weighted by atomic mass is 32.2. The molecule has 102 valence electrons. The minimum Gasteiger partial charge on any atom is -0.346 e. The van der Waals surface area contributed by atoms with Gasteiger partial charge in [0.2, 0.25) is 0 Å². The van der Waals surface area contributed by atoms with Gasteiger partial charge in [-0.1, -0.05) is 17.7 Å². The Morgan fingerprint density at radius 2 is 1.74 bits per heavy atom. The number of fused-ring (bicyclic) bond motifs is 1. The summed E-state index contributed by atoms with van der Waals surface area (Å²) in [5.41, 5.74) is 2.16. The molecule has 1 aromatic carbocycles. The lowest BCUT2D eigenvalue weighted by Crippen LogP contribution is -2.36. The van der Waals surface area contributed by atoms with Gasteiger partial charge in [-0.25, -0.2) is 8.42 Å². The summed E-state index contributed by atoms with van der Waals surface area (Å²) in [5.74, 6) is 0.396. The predicted molar refractivity (Wildman–Crippen MR) is 80.2 cm³/mol. The first-order valence-corrected chi connectivity index (χ1v) is 8.45. The van der Waals surface area contributed by atoms with Crippen LogP contribution in [0.3, 0.4) is 0 Å². The van der Waals surface area contributed by atoms with Gasteiger partial charge in [0.25, 0.3) is 0 Å². The van der Waals surface area contributed by atoms with Gasteiger partial charge in [-0.2, -0.15) is 0 Å². The molecule has 2 aliphatic rings. The Hall–Kier alpha value is -1.14. The Morgan fingerprint density at radius 1 is 1.16 bits per heavy atom. The van der Waals surface area contributed by atoms with Crippen LogP contribution in [0, 0.1) is 6.92 Å². The number of likely N-dealkylation sites (N-methyl/N-ethyl adjacent to an activating group) is 1. The molecule has 3 rings (SSSR count). The van der Waals surface area contributed by atoms with Crippen molar-refractivity contribution in [2.24, 2.45) is 0 Å². The van der Waals surface area contributed by atoms with Crippen molar-refractivity contribution in [3.05, 3.63) is 29.8 Å². The molecule has 2 heterocycles. The molecule has 0 aromatic heterocycles. The number of sulfone groups is 1. The number of anilines is 1. The van der Waals surface area contributed by atoms with Crippen LogP contribution in [0.4, 0.5) is 5.69 Å². The number of aryl methyl sites for hydroxylation is 1. The summed E-state index contributed by atoms with van der Waals surface area (Å²) >= 11 is 5.46. The fraction of sp³-hybridized carbons (Fsp3) is 0.462. The van der Waals surface area contributed by atoms with E-state index >= 15 is 0 Å². The highest BCUT2D eigenvalue weighted by Gasteiger charge is 2.50. The van der Waals surface area contributed by atoms with E-state index in [1.54, 1.807) is 0 Å². The molecule has 0 aliphatic carbocycles. The van der Waals surface area contributed by atoms with Gasteiger partial charge in [-0.15, -0.1) is 0 Å². The summed E-state index contributed by atoms with van der Waals surface area (Å²) in [6.45, 7) is 2.03. The van der Waals surface area contributed by atoms with Crippen LogP contribution in [-0.4, -0.2) is 49.1 Å². The average Bonchev–Trinajstić information content (AvgIpc) is 2.76. The van der Waals surface area contributed by atoms with Crippen LogP contribution < -0.4 is 4.90 Å². The van der Waals surface area contributed by atoms with E-state index in [9.17, 15) is 8.42 Å². The quantitative estimate of drug-likeness (QED) is 0.728. The molecule has 4 nitrogen and oxygen atoms in total. The molecule has 6 heteroatoms. The second-order valence-electron chi connectivity index (χ2n) is 5.31. The zero-order valence-electron chi connectivity index (χ0n) is 10.9. The van der Waals surface area contributed by atoms with Crippen LogP contribution in [0.1, 0.15) is 5.56 Å². The van der Waals surface area contributed by atoms with Gasteiger partial charge < -0.3 is 9.80 Å². The largest absolute Gasteiger partial charge is 0.346 e. The third kappa shape index (κ3) is 2.03. The summed E-state index contributed by atoms with van der Waals surface area (Å²) in [6.07, 6.45) is 0. The van der Waals surface area contributed by atoms with Crippen LogP contribution in [-0.2, 0) is 9.84 Å². The minimum absolute atomic E-state index is 0.0150. The van der Waals surface area contributed by atoms with Crippen molar-refractivity contribution in [2.45, 2.75) is 19.0 Å². The minimum atomic E-state index is -2.95. The van der Waals surface area contributed by atoms with Gasteiger partial charge in [0, 0.05) is 12.7 Å². The van der Waals surface area contributed by atoms with Crippen molar-refractivity contribution in [3.8, 4) is 0 Å². The summed E-state index contributed by atoms with van der Waals surface area (Å²) in [5, 5.41) is 0.716. The van der Waals surface area contributed by atoms with Gasteiger partial charge in [-0.05, 0) is 31.3 Å². The SMILES string of the molecule is Cc1ccc(N2C(=S)N(C)[C@@H]3CS(=O)(=O)C[C@@H]32)cc1. The topological polar surface area (TPSA) is 40.6 Å². The molecule has 0 unspecified atom stereocenters. The fourth-order valence-corrected chi connectivity index (χ4v) is 5.26. The fourth-order valence-electron chi connectivity index (χ4n) is 2.89. The van der Waals surface area contributed by atoms with Gasteiger partial charge >= 0.3 is 0 Å². The van der Waals surface area contributed by atoms with Gasteiger partial charge in [0.05, 0.1) is 23.6 Å². The Balaban J connectivity index is 2.01. The first-order chi connectivity index (χ1) is 8.89. The molecular weight excluding hydrogens is 280 g/mol. The van der Waals surface area contributed by atoms with E-state index in [-0.39, 0.29) is 23.6 Å². The highest BCUT2D eigenvalue weighted by Crippen LogP contribution is 2.34. The van der Waals surface area contributed by atoms with Crippen LogP contribution in [0.25, 0.3) is 0 Å². The Morgan fingerprint density at radius 3 is 2.37 bits per heavy atom. The second-order valence-corrected chi connectivity index (χ2v) is 7.83. The van der Waals surface area contributed by atoms with Crippen LogP contribution >= 0.6 is 12.2 Å². The van der Waals surface area contributed by atoms with Crippen molar-refractivity contribution in [1.82, 2.24) is 4.90 Å². The highest BCUT2D eigenvalue weighted by molar-refractivity contribution is 7.91. The molecule has 0 spiro atoms. The lowest BCUT2D eigenvalue weighted by molar-refractivity contribution is 0.420. The Bertz CT molecular complexity index is 625. The van der Waals surface area contributed by atoms with E-state index in [0.717, 1.165) is 5.69 Å². The second kappa shape index (κ2) is 4.18. The maximum Gasteiger partial charge on any atom is 0.176 e. The molecule has 0 N–H and O–H groups in total. The Labute approximate surface area is 118 Å². The lowest BCUT2D eigenvalue weighted by atomic mass is 10.1. The maximum absolute atomic E-state index is 11.8. The normalized spacial score (nSPS) is 28.8. The average molecular weight is 296 g/mol. The number of benzene rings is 1. The number of nitrogens with zero attached hydrogens (tertiary/aromatic N) is 2. The molecular formula is C13H16N2O2S2. The van der Waals surface area contributed by atoms with Crippen LogP contribution in [0.5, 0.6) is 0 Å². The lowest BCUT2D eigenvalue weighted by Gasteiger charge is -2.24. The summed E-state index contributed by atoms with van der Waals surface area (Å²) in [4.78, 5) is 3.91. The van der Waals surface area contributed by atoms with Crippen molar-refractivity contribution in [1.29, 1.82) is 0 Å². The molecule has 0 radical (unpaired) electrons. The van der Waals surface area contributed by atoms with Crippen LogP contribution in [0.2, 0.25) is 0 Å². The van der Waals surface area contributed by atoms with E-state index in [4.69, 9.17) is 12.2 Å². The third-order valence-electron chi connectivity index (χ3n) is 3.94. The first kappa shape index (κ1) is 12.9. The first-order valence-electron chi connectivity index (χ1n) is 6.22. The van der Waals surface area contributed by atoms with Crippen molar-refractivity contribution < 1.29 is 8.42 Å². The van der Waals surface area contributed by atoms with Crippen molar-refractivity contribution in [3.63, 3.8) is 0 Å². The monoisotopic (exact) mass is 296 g/mol. The van der Waals surface area contributed by atoms with Gasteiger partial charge in [0.1, 0.15) is 0 Å². The van der Waals surface area contributed by atoms with E-state index in [1.807, 2.05) is 48.0 Å². The van der Waals surface area contributed by atoms with Gasteiger partial charge in [-0.3, -0.25) is 0 Å². The number of hydrogen-bond acceptors (Lipinski definition) is 3. The molecule has 0 amide bonds. The third-order valence-corrected chi connectivity index (χ3v) is 6.13. The summed E-state index contributed by atoms with van der Waals surface area (Å²) in [6, 6.07) is 7.98. The molecule has 0 saturated carbocycles. The molecule has 2 aliphatic heterocycles. The van der Waals surface area contributed by atoms with Gasteiger partial charge in [0.15, 0.2) is 14.9 Å². The van der Waals surface area contributed by atoms with Crippen molar-refractivity contribution >= 4 is 32.9 Å². The number of hydrogen-bond donors (Lipinski definition) is 0. The molecule has 19 heavy (non-hydrogen) atoms. The number of thiocarbonyl (C=S) groups is 1. The van der Waals surface area contributed by atoms with E-state index in [0.29, 0.717) is 5.11 Å². The van der Waals surface area contributed by atoms with E-state index < -0.39 is 9.84 Å². The zero-order valence-corrected chi connectivity index (χ0v) is 12.5. The smallest absolute Gasteiger partial charge is 0.176 e. The van der Waals surface area contributed by atoms with Crippen molar-refractivity contribution in [2.75, 3.05) is 23.5 Å². The molecule has 2 saturated heterocycles. The van der Waals surface area contributed by atoms with Crippen LogP contribution in [0.15, 0.2) is 24.3 Å². The summed E-state index contributed by atoms with van der Waals surface area (Å²) < 4.78 is 23.7.